The van der Waals surface area contributed by atoms with Crippen LogP contribution in [-0.2, 0) is 19.3 Å². The normalized spacial score (nSPS) is 13.6. The minimum Gasteiger partial charge on any atom is -0.368 e. The molecule has 0 unspecified atom stereocenters. The van der Waals surface area contributed by atoms with Crippen molar-refractivity contribution < 1.29 is 4.79 Å². The van der Waals surface area contributed by atoms with Gasteiger partial charge in [0, 0.05) is 23.5 Å². The largest absolute Gasteiger partial charge is 0.368 e. The lowest BCUT2D eigenvalue weighted by Gasteiger charge is -2.17. The van der Waals surface area contributed by atoms with Gasteiger partial charge in [0.25, 0.3) is 5.91 Å². The fraction of sp³-hybridized carbons (Fsp3) is 0.529. The maximum atomic E-state index is 12.5. The second-order valence-corrected chi connectivity index (χ2v) is 6.33. The molecule has 0 aromatic carbocycles. The molecule has 0 radical (unpaired) electrons. The number of hydrogen-bond acceptors (Lipinski definition) is 5. The van der Waals surface area contributed by atoms with E-state index in [9.17, 15) is 4.79 Å². The number of H-pyrrole nitrogens is 1. The number of carbonyl (C=O) groups excluding carboxylic acids is 1. The highest BCUT2D eigenvalue weighted by molar-refractivity contribution is 5.94. The van der Waals surface area contributed by atoms with Crippen molar-refractivity contribution in [2.45, 2.75) is 52.4 Å². The number of aromatic nitrogens is 4. The Kier molecular flexibility index (Phi) is 4.78. The van der Waals surface area contributed by atoms with Gasteiger partial charge in [-0.1, -0.05) is 0 Å². The molecule has 0 aliphatic heterocycles. The molecule has 0 fully saturated rings. The molecule has 0 atom stereocenters. The Morgan fingerprint density at radius 1 is 1.25 bits per heavy atom. The van der Waals surface area contributed by atoms with Crippen LogP contribution in [0.5, 0.6) is 0 Å². The fourth-order valence-corrected chi connectivity index (χ4v) is 3.29. The van der Waals surface area contributed by atoms with Crippen molar-refractivity contribution in [1.82, 2.24) is 25.5 Å². The lowest BCUT2D eigenvalue weighted by molar-refractivity contribution is 0.0946. The zero-order chi connectivity index (χ0) is 17.1. The quantitative estimate of drug-likeness (QED) is 0.723. The van der Waals surface area contributed by atoms with Crippen LogP contribution in [0.15, 0.2) is 0 Å². The minimum atomic E-state index is -0.150. The standard InChI is InChI=1S/C17H24N6O/c1-10-12(11(2)23-22-10)7-5-9-19-16(24)15-13-6-3-4-8-14(13)20-17(18)21-15/h3-9H2,1-2H3,(H,19,24)(H,22,23)(H2,18,20,21). The van der Waals surface area contributed by atoms with E-state index >= 15 is 0 Å². The lowest BCUT2D eigenvalue weighted by atomic mass is 9.94. The molecule has 0 spiro atoms. The molecule has 0 saturated carbocycles. The molecular formula is C17H24N6O. The molecule has 2 aromatic rings. The molecule has 1 aliphatic carbocycles. The molecule has 128 valence electrons. The molecule has 2 aromatic heterocycles. The molecule has 7 nitrogen and oxygen atoms in total. The molecule has 0 bridgehead atoms. The Morgan fingerprint density at radius 2 is 2.04 bits per heavy atom. The van der Waals surface area contributed by atoms with Gasteiger partial charge in [-0.3, -0.25) is 9.89 Å². The lowest BCUT2D eigenvalue weighted by Crippen LogP contribution is -2.29. The van der Waals surface area contributed by atoms with Crippen LogP contribution in [0, 0.1) is 13.8 Å². The number of nitrogen functional groups attached to an aromatic ring is 1. The first-order valence-corrected chi connectivity index (χ1v) is 8.50. The van der Waals surface area contributed by atoms with Crippen molar-refractivity contribution in [1.29, 1.82) is 0 Å². The van der Waals surface area contributed by atoms with Crippen molar-refractivity contribution in [3.05, 3.63) is 33.9 Å². The van der Waals surface area contributed by atoms with Gasteiger partial charge < -0.3 is 11.1 Å². The van der Waals surface area contributed by atoms with Crippen LogP contribution in [0.1, 0.15) is 58.0 Å². The first-order chi connectivity index (χ1) is 11.6. The summed E-state index contributed by atoms with van der Waals surface area (Å²) in [5.74, 6) is 0.0355. The Hall–Kier alpha value is -2.44. The number of fused-ring (bicyclic) bond motifs is 1. The zero-order valence-corrected chi connectivity index (χ0v) is 14.3. The molecule has 2 heterocycles. The summed E-state index contributed by atoms with van der Waals surface area (Å²) in [6.45, 7) is 4.61. The highest BCUT2D eigenvalue weighted by Crippen LogP contribution is 2.22. The second kappa shape index (κ2) is 6.98. The van der Waals surface area contributed by atoms with Crippen molar-refractivity contribution in [2.24, 2.45) is 0 Å². The minimum absolute atomic E-state index is 0.150. The van der Waals surface area contributed by atoms with E-state index in [0.717, 1.165) is 61.2 Å². The first kappa shape index (κ1) is 16.4. The average molecular weight is 328 g/mol. The van der Waals surface area contributed by atoms with Crippen LogP contribution in [0.25, 0.3) is 0 Å². The van der Waals surface area contributed by atoms with E-state index in [4.69, 9.17) is 5.73 Å². The van der Waals surface area contributed by atoms with E-state index in [-0.39, 0.29) is 11.9 Å². The van der Waals surface area contributed by atoms with E-state index in [0.29, 0.717) is 12.2 Å². The number of rotatable bonds is 5. The zero-order valence-electron chi connectivity index (χ0n) is 14.3. The summed E-state index contributed by atoms with van der Waals surface area (Å²) in [5.41, 5.74) is 11.5. The third-order valence-electron chi connectivity index (χ3n) is 4.59. The van der Waals surface area contributed by atoms with Crippen LogP contribution in [0.2, 0.25) is 0 Å². The highest BCUT2D eigenvalue weighted by atomic mass is 16.1. The third kappa shape index (κ3) is 3.39. The number of aromatic amines is 1. The molecule has 24 heavy (non-hydrogen) atoms. The number of carbonyl (C=O) groups is 1. The Bertz CT molecular complexity index is 732. The van der Waals surface area contributed by atoms with E-state index in [1.807, 2.05) is 13.8 Å². The van der Waals surface area contributed by atoms with Crippen LogP contribution in [0.4, 0.5) is 5.95 Å². The number of nitrogens with zero attached hydrogens (tertiary/aromatic N) is 3. The number of hydrogen-bond donors (Lipinski definition) is 3. The summed E-state index contributed by atoms with van der Waals surface area (Å²) in [6, 6.07) is 0. The van der Waals surface area contributed by atoms with Gasteiger partial charge in [0.05, 0.1) is 5.69 Å². The van der Waals surface area contributed by atoms with Gasteiger partial charge in [-0.2, -0.15) is 5.10 Å². The van der Waals surface area contributed by atoms with Crippen LogP contribution < -0.4 is 11.1 Å². The Morgan fingerprint density at radius 3 is 2.79 bits per heavy atom. The molecule has 4 N–H and O–H groups in total. The topological polar surface area (TPSA) is 110 Å². The van der Waals surface area contributed by atoms with Crippen molar-refractivity contribution in [3.8, 4) is 0 Å². The van der Waals surface area contributed by atoms with Crippen molar-refractivity contribution in [3.63, 3.8) is 0 Å². The SMILES string of the molecule is Cc1n[nH]c(C)c1CCCNC(=O)c1nc(N)nc2c1CCCC2. The monoisotopic (exact) mass is 328 g/mol. The summed E-state index contributed by atoms with van der Waals surface area (Å²) in [7, 11) is 0. The molecule has 0 saturated heterocycles. The van der Waals surface area contributed by atoms with Gasteiger partial charge in [-0.15, -0.1) is 0 Å². The Labute approximate surface area is 141 Å². The number of nitrogens with two attached hydrogens (primary N) is 1. The molecule has 1 aliphatic rings. The second-order valence-electron chi connectivity index (χ2n) is 6.33. The van der Waals surface area contributed by atoms with Gasteiger partial charge in [0.1, 0.15) is 5.69 Å². The summed E-state index contributed by atoms with van der Waals surface area (Å²) in [4.78, 5) is 21.0. The molecular weight excluding hydrogens is 304 g/mol. The van der Waals surface area contributed by atoms with Gasteiger partial charge >= 0.3 is 0 Å². The van der Waals surface area contributed by atoms with Gasteiger partial charge in [0.2, 0.25) is 5.95 Å². The first-order valence-electron chi connectivity index (χ1n) is 8.50. The summed E-state index contributed by atoms with van der Waals surface area (Å²) in [5, 5.41) is 10.1. The van der Waals surface area contributed by atoms with E-state index in [1.165, 1.54) is 5.56 Å². The smallest absolute Gasteiger partial charge is 0.270 e. The van der Waals surface area contributed by atoms with Gasteiger partial charge in [-0.05, 0) is 57.9 Å². The number of nitrogens with one attached hydrogen (secondary N) is 2. The van der Waals surface area contributed by atoms with E-state index in [1.54, 1.807) is 0 Å². The fourth-order valence-electron chi connectivity index (χ4n) is 3.29. The predicted octanol–water partition coefficient (Wildman–Crippen LogP) is 1.64. The number of aryl methyl sites for hydroxylation is 3. The summed E-state index contributed by atoms with van der Waals surface area (Å²) < 4.78 is 0. The maximum Gasteiger partial charge on any atom is 0.270 e. The van der Waals surface area contributed by atoms with Crippen molar-refractivity contribution >= 4 is 11.9 Å². The van der Waals surface area contributed by atoms with Crippen LogP contribution >= 0.6 is 0 Å². The predicted molar refractivity (Wildman–Crippen MR) is 91.8 cm³/mol. The summed E-state index contributed by atoms with van der Waals surface area (Å²) in [6.07, 6.45) is 5.63. The van der Waals surface area contributed by atoms with Gasteiger partial charge in [0.15, 0.2) is 0 Å². The average Bonchev–Trinajstić information content (AvgIpc) is 2.89. The van der Waals surface area contributed by atoms with Crippen LogP contribution in [0.3, 0.4) is 0 Å². The van der Waals surface area contributed by atoms with Crippen LogP contribution in [-0.4, -0.2) is 32.6 Å². The van der Waals surface area contributed by atoms with Crippen molar-refractivity contribution in [2.75, 3.05) is 12.3 Å². The maximum absolute atomic E-state index is 12.5. The summed E-state index contributed by atoms with van der Waals surface area (Å²) >= 11 is 0. The van der Waals surface area contributed by atoms with E-state index in [2.05, 4.69) is 25.5 Å². The molecule has 7 heteroatoms. The third-order valence-corrected chi connectivity index (χ3v) is 4.59. The highest BCUT2D eigenvalue weighted by Gasteiger charge is 2.21. The number of anilines is 1. The molecule has 3 rings (SSSR count). The van der Waals surface area contributed by atoms with Gasteiger partial charge in [-0.25, -0.2) is 9.97 Å². The molecule has 1 amide bonds. The van der Waals surface area contributed by atoms with E-state index < -0.39 is 0 Å². The number of amides is 1. The Balaban J connectivity index is 1.60.